The first-order chi connectivity index (χ1) is 21.8. The van der Waals surface area contributed by atoms with Crippen LogP contribution in [0.1, 0.15) is 202 Å². The van der Waals surface area contributed by atoms with Crippen LogP contribution in [0.4, 0.5) is 0 Å². The second kappa shape index (κ2) is 32.4. The van der Waals surface area contributed by atoms with Crippen molar-refractivity contribution in [1.29, 1.82) is 0 Å². The highest BCUT2D eigenvalue weighted by Crippen LogP contribution is 2.16. The fourth-order valence-corrected chi connectivity index (χ4v) is 5.48. The Morgan fingerprint density at radius 3 is 1.27 bits per heavy atom. The van der Waals surface area contributed by atoms with Crippen molar-refractivity contribution in [3.8, 4) is 0 Å². The predicted octanol–water partition coefficient (Wildman–Crippen LogP) is 11.5. The van der Waals surface area contributed by atoms with Crippen molar-refractivity contribution < 1.29 is 28.6 Å². The average Bonchev–Trinajstić information content (AvgIpc) is 3.01. The highest BCUT2D eigenvalue weighted by molar-refractivity contribution is 5.71. The third-order valence-corrected chi connectivity index (χ3v) is 8.83. The molecule has 0 bridgehead atoms. The topological polar surface area (TPSA) is 78.9 Å². The lowest BCUT2D eigenvalue weighted by molar-refractivity contribution is -0.167. The SMILES string of the molecule is CCCCCCCC(=O)O[C@H](COC(=O)CCCCCCCCCCCC(C)C)COC(=O)CCCCCCCCC(C)CC. The van der Waals surface area contributed by atoms with Crippen molar-refractivity contribution in [1.82, 2.24) is 0 Å². The zero-order chi connectivity index (χ0) is 33.4. The van der Waals surface area contributed by atoms with Crippen molar-refractivity contribution in [2.24, 2.45) is 11.8 Å². The Kier molecular flexibility index (Phi) is 31.2. The Bertz CT molecular complexity index is 691. The van der Waals surface area contributed by atoms with Gasteiger partial charge in [0.15, 0.2) is 6.10 Å². The molecular weight excluding hydrogens is 564 g/mol. The van der Waals surface area contributed by atoms with E-state index in [1.54, 1.807) is 0 Å². The summed E-state index contributed by atoms with van der Waals surface area (Å²) in [7, 11) is 0. The minimum absolute atomic E-state index is 0.0683. The molecule has 0 spiro atoms. The number of carbonyl (C=O) groups is 3. The van der Waals surface area contributed by atoms with Crippen LogP contribution in [-0.4, -0.2) is 37.2 Å². The van der Waals surface area contributed by atoms with Gasteiger partial charge in [0.05, 0.1) is 0 Å². The lowest BCUT2D eigenvalue weighted by Crippen LogP contribution is -2.30. The molecule has 0 aromatic heterocycles. The first-order valence-corrected chi connectivity index (χ1v) is 19.3. The third kappa shape index (κ3) is 32.2. The van der Waals surface area contributed by atoms with Crippen LogP contribution in [0, 0.1) is 11.8 Å². The van der Waals surface area contributed by atoms with Crippen molar-refractivity contribution in [3.63, 3.8) is 0 Å². The minimum atomic E-state index is -0.757. The molecule has 1 unspecified atom stereocenters. The van der Waals surface area contributed by atoms with E-state index >= 15 is 0 Å². The maximum Gasteiger partial charge on any atom is 0.306 e. The summed E-state index contributed by atoms with van der Waals surface area (Å²) in [5.41, 5.74) is 0. The largest absolute Gasteiger partial charge is 0.462 e. The molecule has 2 atom stereocenters. The second-order valence-electron chi connectivity index (χ2n) is 13.9. The van der Waals surface area contributed by atoms with Crippen LogP contribution in [0.3, 0.4) is 0 Å². The smallest absolute Gasteiger partial charge is 0.306 e. The molecule has 0 saturated carbocycles. The number of esters is 3. The van der Waals surface area contributed by atoms with Crippen LogP contribution in [0.25, 0.3) is 0 Å². The van der Waals surface area contributed by atoms with Crippen molar-refractivity contribution >= 4 is 17.9 Å². The van der Waals surface area contributed by atoms with Crippen LogP contribution in [0.2, 0.25) is 0 Å². The number of hydrogen-bond donors (Lipinski definition) is 0. The molecule has 45 heavy (non-hydrogen) atoms. The Morgan fingerprint density at radius 2 is 0.844 bits per heavy atom. The molecule has 6 heteroatoms. The maximum atomic E-state index is 12.4. The van der Waals surface area contributed by atoms with Gasteiger partial charge in [0.2, 0.25) is 0 Å². The number of unbranched alkanes of at least 4 members (excludes halogenated alkanes) is 17. The van der Waals surface area contributed by atoms with E-state index in [0.717, 1.165) is 76.0 Å². The van der Waals surface area contributed by atoms with Gasteiger partial charge in [-0.05, 0) is 31.1 Å². The first-order valence-electron chi connectivity index (χ1n) is 19.3. The molecule has 0 fully saturated rings. The van der Waals surface area contributed by atoms with E-state index in [1.807, 2.05) is 0 Å². The molecule has 0 amide bonds. The minimum Gasteiger partial charge on any atom is -0.462 e. The maximum absolute atomic E-state index is 12.4. The van der Waals surface area contributed by atoms with Gasteiger partial charge in [0.25, 0.3) is 0 Å². The summed E-state index contributed by atoms with van der Waals surface area (Å²) in [6, 6.07) is 0. The lowest BCUT2D eigenvalue weighted by atomic mass is 10.00. The van der Waals surface area contributed by atoms with E-state index < -0.39 is 6.10 Å². The van der Waals surface area contributed by atoms with E-state index in [1.165, 1.54) is 83.5 Å². The fourth-order valence-electron chi connectivity index (χ4n) is 5.48. The Labute approximate surface area is 278 Å². The fraction of sp³-hybridized carbons (Fsp3) is 0.923. The molecule has 0 aromatic rings. The molecule has 6 nitrogen and oxygen atoms in total. The average molecular weight is 639 g/mol. The third-order valence-electron chi connectivity index (χ3n) is 8.83. The summed E-state index contributed by atoms with van der Waals surface area (Å²) in [4.78, 5) is 37.2. The number of ether oxygens (including phenoxy) is 3. The normalized spacial score (nSPS) is 12.7. The van der Waals surface area contributed by atoms with Gasteiger partial charge in [-0.25, -0.2) is 0 Å². The summed E-state index contributed by atoms with van der Waals surface area (Å²) in [5.74, 6) is 0.738. The molecule has 0 saturated heterocycles. The van der Waals surface area contributed by atoms with Crippen molar-refractivity contribution in [3.05, 3.63) is 0 Å². The molecule has 0 N–H and O–H groups in total. The van der Waals surface area contributed by atoms with Gasteiger partial charge in [0.1, 0.15) is 13.2 Å². The summed E-state index contributed by atoms with van der Waals surface area (Å²) in [5, 5.41) is 0. The second-order valence-corrected chi connectivity index (χ2v) is 13.9. The summed E-state index contributed by atoms with van der Waals surface area (Å²) < 4.78 is 16.5. The van der Waals surface area contributed by atoms with Gasteiger partial charge < -0.3 is 14.2 Å². The Balaban J connectivity index is 4.25. The van der Waals surface area contributed by atoms with Gasteiger partial charge in [-0.2, -0.15) is 0 Å². The van der Waals surface area contributed by atoms with E-state index in [2.05, 4.69) is 34.6 Å². The zero-order valence-corrected chi connectivity index (χ0v) is 30.5. The number of carbonyl (C=O) groups excluding carboxylic acids is 3. The molecule has 0 radical (unpaired) electrons. The van der Waals surface area contributed by atoms with Crippen LogP contribution in [0.15, 0.2) is 0 Å². The van der Waals surface area contributed by atoms with E-state index in [0.29, 0.717) is 19.3 Å². The van der Waals surface area contributed by atoms with Crippen molar-refractivity contribution in [2.75, 3.05) is 13.2 Å². The van der Waals surface area contributed by atoms with E-state index in [9.17, 15) is 14.4 Å². The van der Waals surface area contributed by atoms with Crippen LogP contribution in [0.5, 0.6) is 0 Å². The summed E-state index contributed by atoms with van der Waals surface area (Å²) in [6.45, 7) is 11.2. The Hall–Kier alpha value is -1.59. The molecule has 266 valence electrons. The molecular formula is C39H74O6. The number of hydrogen-bond acceptors (Lipinski definition) is 6. The van der Waals surface area contributed by atoms with E-state index in [-0.39, 0.29) is 31.1 Å². The molecule has 0 aliphatic carbocycles. The monoisotopic (exact) mass is 639 g/mol. The highest BCUT2D eigenvalue weighted by Gasteiger charge is 2.19. The van der Waals surface area contributed by atoms with Gasteiger partial charge >= 0.3 is 17.9 Å². The Morgan fingerprint density at radius 1 is 0.467 bits per heavy atom. The molecule has 0 heterocycles. The van der Waals surface area contributed by atoms with Gasteiger partial charge in [-0.15, -0.1) is 0 Å². The lowest BCUT2D eigenvalue weighted by Gasteiger charge is -2.18. The highest BCUT2D eigenvalue weighted by atomic mass is 16.6. The van der Waals surface area contributed by atoms with Gasteiger partial charge in [-0.1, -0.05) is 163 Å². The number of rotatable bonds is 33. The zero-order valence-electron chi connectivity index (χ0n) is 30.5. The quantitative estimate of drug-likeness (QED) is 0.0404. The van der Waals surface area contributed by atoms with E-state index in [4.69, 9.17) is 14.2 Å². The van der Waals surface area contributed by atoms with Crippen molar-refractivity contribution in [2.45, 2.75) is 208 Å². The van der Waals surface area contributed by atoms with Gasteiger partial charge in [-0.3, -0.25) is 14.4 Å². The summed E-state index contributed by atoms with van der Waals surface area (Å²) in [6.07, 6.45) is 26.9. The van der Waals surface area contributed by atoms with Gasteiger partial charge in [0, 0.05) is 19.3 Å². The first kappa shape index (κ1) is 43.4. The van der Waals surface area contributed by atoms with Crippen LogP contribution in [-0.2, 0) is 28.6 Å². The molecule has 0 aromatic carbocycles. The molecule has 0 rings (SSSR count). The standard InChI is InChI=1S/C39H74O6/c1-6-8-9-17-26-31-39(42)45-36(33-44-38(41)30-25-21-16-15-19-23-28-35(5)7-2)32-43-37(40)29-24-20-14-12-10-11-13-18-22-27-34(3)4/h34-36H,6-33H2,1-5H3/t35?,36-/m1/s1. The van der Waals surface area contributed by atoms with Crippen LogP contribution < -0.4 is 0 Å². The summed E-state index contributed by atoms with van der Waals surface area (Å²) >= 11 is 0. The predicted molar refractivity (Wildman–Crippen MR) is 187 cm³/mol. The molecule has 0 aliphatic heterocycles. The molecule has 0 aliphatic rings. The van der Waals surface area contributed by atoms with Crippen LogP contribution >= 0.6 is 0 Å².